The molecule has 2 N–H and O–H groups in total. The van der Waals surface area contributed by atoms with Gasteiger partial charge in [0.1, 0.15) is 6.07 Å². The second kappa shape index (κ2) is 5.72. The quantitative estimate of drug-likeness (QED) is 0.796. The van der Waals surface area contributed by atoms with Gasteiger partial charge in [0, 0.05) is 11.1 Å². The summed E-state index contributed by atoms with van der Waals surface area (Å²) in [6.45, 7) is 11.4. The number of nitrogens with zero attached hydrogens (tertiary/aromatic N) is 1. The molecule has 1 unspecified atom stereocenters. The molecule has 21 heavy (non-hydrogen) atoms. The van der Waals surface area contributed by atoms with Crippen molar-refractivity contribution in [3.8, 4) is 6.07 Å². The van der Waals surface area contributed by atoms with Crippen LogP contribution in [-0.2, 0) is 5.41 Å². The van der Waals surface area contributed by atoms with Crippen LogP contribution in [0.15, 0.2) is 12.1 Å². The van der Waals surface area contributed by atoms with Crippen molar-refractivity contribution in [1.82, 2.24) is 0 Å². The van der Waals surface area contributed by atoms with E-state index >= 15 is 0 Å². The minimum absolute atomic E-state index is 0.0709. The maximum atomic E-state index is 9.70. The lowest BCUT2D eigenvalue weighted by Gasteiger charge is -2.48. The third kappa shape index (κ3) is 2.24. The lowest BCUT2D eigenvalue weighted by Crippen LogP contribution is -2.42. The second-order valence-corrected chi connectivity index (χ2v) is 7.10. The third-order valence-corrected chi connectivity index (χ3v) is 5.75. The average Bonchev–Trinajstić information content (AvgIpc) is 2.45. The van der Waals surface area contributed by atoms with Crippen LogP contribution in [-0.4, -0.2) is 0 Å². The van der Waals surface area contributed by atoms with E-state index in [0.717, 1.165) is 18.4 Å². The number of fused-ring (bicyclic) bond motifs is 1. The Kier molecular flexibility index (Phi) is 4.33. The normalized spacial score (nSPS) is 20.4. The number of nitriles is 1. The monoisotopic (exact) mass is 284 g/mol. The second-order valence-electron chi connectivity index (χ2n) is 7.10. The SMILES string of the molecule is CCC1CCC(C(C)C)(C(C)C)c2c1ccc(N)c2C#N. The van der Waals surface area contributed by atoms with Gasteiger partial charge in [0.05, 0.1) is 5.56 Å². The van der Waals surface area contributed by atoms with Crippen LogP contribution in [0.1, 0.15) is 76.5 Å². The van der Waals surface area contributed by atoms with E-state index in [-0.39, 0.29) is 5.41 Å². The zero-order chi connectivity index (χ0) is 15.8. The Hall–Kier alpha value is -1.49. The summed E-state index contributed by atoms with van der Waals surface area (Å²) in [5, 5.41) is 9.70. The van der Waals surface area contributed by atoms with Crippen molar-refractivity contribution in [3.63, 3.8) is 0 Å². The Morgan fingerprint density at radius 1 is 1.29 bits per heavy atom. The van der Waals surface area contributed by atoms with E-state index in [1.807, 2.05) is 6.07 Å². The van der Waals surface area contributed by atoms with Crippen molar-refractivity contribution in [1.29, 1.82) is 5.26 Å². The number of hydrogen-bond acceptors (Lipinski definition) is 2. The molecule has 0 spiro atoms. The lowest BCUT2D eigenvalue weighted by atomic mass is 9.55. The molecule has 1 atom stereocenters. The fraction of sp³-hybridized carbons (Fsp3) is 0.632. The van der Waals surface area contributed by atoms with Crippen LogP contribution in [0, 0.1) is 23.2 Å². The molecule has 2 heteroatoms. The van der Waals surface area contributed by atoms with Crippen LogP contribution in [0.2, 0.25) is 0 Å². The molecule has 1 aromatic rings. The fourth-order valence-corrected chi connectivity index (χ4v) is 4.54. The molecule has 0 radical (unpaired) electrons. The first kappa shape index (κ1) is 15.9. The summed E-state index contributed by atoms with van der Waals surface area (Å²) < 4.78 is 0. The molecule has 1 aromatic carbocycles. The van der Waals surface area contributed by atoms with E-state index in [9.17, 15) is 5.26 Å². The topological polar surface area (TPSA) is 49.8 Å². The van der Waals surface area contributed by atoms with Crippen LogP contribution in [0.4, 0.5) is 5.69 Å². The first-order valence-electron chi connectivity index (χ1n) is 8.23. The molecule has 0 heterocycles. The van der Waals surface area contributed by atoms with Crippen LogP contribution in [0.3, 0.4) is 0 Å². The van der Waals surface area contributed by atoms with E-state index in [4.69, 9.17) is 5.73 Å². The average molecular weight is 284 g/mol. The molecule has 0 aliphatic heterocycles. The molecular weight excluding hydrogens is 256 g/mol. The van der Waals surface area contributed by atoms with E-state index in [0.29, 0.717) is 23.4 Å². The van der Waals surface area contributed by atoms with E-state index in [1.54, 1.807) is 0 Å². The first-order chi connectivity index (χ1) is 9.90. The zero-order valence-electron chi connectivity index (χ0n) is 14.0. The summed E-state index contributed by atoms with van der Waals surface area (Å²) in [6, 6.07) is 6.51. The van der Waals surface area contributed by atoms with Gasteiger partial charge in [-0.2, -0.15) is 5.26 Å². The molecule has 0 fully saturated rings. The van der Waals surface area contributed by atoms with Gasteiger partial charge in [0.15, 0.2) is 0 Å². The van der Waals surface area contributed by atoms with Gasteiger partial charge in [-0.1, -0.05) is 40.7 Å². The number of rotatable bonds is 3. The Morgan fingerprint density at radius 2 is 1.90 bits per heavy atom. The van der Waals surface area contributed by atoms with Crippen LogP contribution >= 0.6 is 0 Å². The summed E-state index contributed by atoms with van der Waals surface area (Å²) in [5.41, 5.74) is 10.2. The summed E-state index contributed by atoms with van der Waals surface area (Å²) in [6.07, 6.45) is 3.51. The van der Waals surface area contributed by atoms with Gasteiger partial charge in [-0.25, -0.2) is 0 Å². The Bertz CT molecular complexity index is 556. The van der Waals surface area contributed by atoms with Gasteiger partial charge in [0.2, 0.25) is 0 Å². The molecule has 114 valence electrons. The Balaban J connectivity index is 2.83. The highest BCUT2D eigenvalue weighted by molar-refractivity contribution is 5.64. The highest BCUT2D eigenvalue weighted by Gasteiger charge is 2.45. The van der Waals surface area contributed by atoms with Gasteiger partial charge in [-0.15, -0.1) is 0 Å². The van der Waals surface area contributed by atoms with E-state index < -0.39 is 0 Å². The highest BCUT2D eigenvalue weighted by atomic mass is 14.6. The maximum absolute atomic E-state index is 9.70. The van der Waals surface area contributed by atoms with Gasteiger partial charge in [0.25, 0.3) is 0 Å². The first-order valence-corrected chi connectivity index (χ1v) is 8.23. The van der Waals surface area contributed by atoms with Crippen molar-refractivity contribution < 1.29 is 0 Å². The Labute approximate surface area is 129 Å². The summed E-state index contributed by atoms with van der Waals surface area (Å²) in [4.78, 5) is 0. The van der Waals surface area contributed by atoms with E-state index in [1.165, 1.54) is 17.5 Å². The van der Waals surface area contributed by atoms with E-state index in [2.05, 4.69) is 46.8 Å². The maximum Gasteiger partial charge on any atom is 0.102 e. The minimum Gasteiger partial charge on any atom is -0.398 e. The van der Waals surface area contributed by atoms with Gasteiger partial charge < -0.3 is 5.73 Å². The molecule has 2 nitrogen and oxygen atoms in total. The largest absolute Gasteiger partial charge is 0.398 e. The summed E-state index contributed by atoms with van der Waals surface area (Å²) >= 11 is 0. The Morgan fingerprint density at radius 3 is 2.38 bits per heavy atom. The minimum atomic E-state index is 0.0709. The third-order valence-electron chi connectivity index (χ3n) is 5.75. The highest BCUT2D eigenvalue weighted by Crippen LogP contribution is 2.53. The molecule has 0 bridgehead atoms. The van der Waals surface area contributed by atoms with Gasteiger partial charge in [-0.3, -0.25) is 0 Å². The number of nitrogen functional groups attached to an aromatic ring is 1. The van der Waals surface area contributed by atoms with Crippen molar-refractivity contribution in [2.75, 3.05) is 5.73 Å². The number of anilines is 1. The molecule has 2 rings (SSSR count). The van der Waals surface area contributed by atoms with Crippen LogP contribution < -0.4 is 5.73 Å². The molecule has 0 saturated heterocycles. The summed E-state index contributed by atoms with van der Waals surface area (Å²) in [5.74, 6) is 1.57. The van der Waals surface area contributed by atoms with Gasteiger partial charge >= 0.3 is 0 Å². The molecule has 1 aliphatic carbocycles. The number of hydrogen-bond donors (Lipinski definition) is 1. The smallest absolute Gasteiger partial charge is 0.102 e. The molecular formula is C19H28N2. The molecule has 0 amide bonds. The number of nitrogens with two attached hydrogens (primary N) is 1. The van der Waals surface area contributed by atoms with Crippen molar-refractivity contribution in [2.45, 2.75) is 65.2 Å². The molecule has 0 aromatic heterocycles. The standard InChI is InChI=1S/C19H28N2/c1-6-14-9-10-19(12(2)3,13(4)5)18-15(14)7-8-17(21)16(18)11-20/h7-8,12-14H,6,9-10,21H2,1-5H3. The van der Waals surface area contributed by atoms with Crippen LogP contribution in [0.25, 0.3) is 0 Å². The predicted molar refractivity (Wildman–Crippen MR) is 89.2 cm³/mol. The predicted octanol–water partition coefficient (Wildman–Crippen LogP) is 4.98. The molecule has 0 saturated carbocycles. The van der Waals surface area contributed by atoms with Crippen molar-refractivity contribution in [3.05, 3.63) is 28.8 Å². The van der Waals surface area contributed by atoms with Gasteiger partial charge in [-0.05, 0) is 54.2 Å². The number of benzene rings is 1. The summed E-state index contributed by atoms with van der Waals surface area (Å²) in [7, 11) is 0. The van der Waals surface area contributed by atoms with Crippen molar-refractivity contribution in [2.24, 2.45) is 11.8 Å². The zero-order valence-corrected chi connectivity index (χ0v) is 14.0. The van der Waals surface area contributed by atoms with Crippen molar-refractivity contribution >= 4 is 5.69 Å². The molecule has 1 aliphatic rings. The lowest BCUT2D eigenvalue weighted by molar-refractivity contribution is 0.176. The fourth-order valence-electron chi connectivity index (χ4n) is 4.54. The van der Waals surface area contributed by atoms with Crippen LogP contribution in [0.5, 0.6) is 0 Å².